The van der Waals surface area contributed by atoms with Crippen molar-refractivity contribution in [1.29, 1.82) is 0 Å². The average molecular weight is 568 g/mol. The SMILES string of the molecule is CC(C)(CC/C=C/C(=O)Nc1ccccc1N)[C@@H](OC(=O)Nc1cccc2ccccc12)c1ccc(OCCO)cc1. The maximum Gasteiger partial charge on any atom is 0.412 e. The summed E-state index contributed by atoms with van der Waals surface area (Å²) in [5.41, 5.74) is 7.92. The van der Waals surface area contributed by atoms with Crippen molar-refractivity contribution in [3.05, 3.63) is 109 Å². The van der Waals surface area contributed by atoms with E-state index in [0.717, 1.165) is 16.3 Å². The smallest absolute Gasteiger partial charge is 0.412 e. The fraction of sp³-hybridized carbons (Fsp3) is 0.235. The molecule has 5 N–H and O–H groups in total. The zero-order valence-electron chi connectivity index (χ0n) is 23.9. The highest BCUT2D eigenvalue weighted by molar-refractivity contribution is 6.01. The summed E-state index contributed by atoms with van der Waals surface area (Å²) in [5, 5.41) is 16.7. The molecule has 0 aliphatic heterocycles. The molecule has 0 aromatic heterocycles. The van der Waals surface area contributed by atoms with Crippen LogP contribution >= 0.6 is 0 Å². The molecule has 4 rings (SSSR count). The lowest BCUT2D eigenvalue weighted by molar-refractivity contribution is -0.111. The molecule has 0 spiro atoms. The molecule has 8 heteroatoms. The van der Waals surface area contributed by atoms with Crippen molar-refractivity contribution < 1.29 is 24.2 Å². The molecule has 0 bridgehead atoms. The minimum Gasteiger partial charge on any atom is -0.491 e. The van der Waals surface area contributed by atoms with Gasteiger partial charge in [0.1, 0.15) is 18.5 Å². The number of nitrogen functional groups attached to an aromatic ring is 1. The number of para-hydroxylation sites is 2. The Bertz CT molecular complexity index is 1530. The van der Waals surface area contributed by atoms with Crippen molar-refractivity contribution >= 4 is 39.8 Å². The molecule has 0 unspecified atom stereocenters. The molecule has 218 valence electrons. The quantitative estimate of drug-likeness (QED) is 0.107. The molecule has 42 heavy (non-hydrogen) atoms. The Hall–Kier alpha value is -4.82. The number of anilines is 3. The summed E-state index contributed by atoms with van der Waals surface area (Å²) in [6.07, 6.45) is 3.31. The van der Waals surface area contributed by atoms with E-state index in [1.807, 2.05) is 68.4 Å². The van der Waals surface area contributed by atoms with Crippen LogP contribution in [0, 0.1) is 5.41 Å². The highest BCUT2D eigenvalue weighted by atomic mass is 16.6. The summed E-state index contributed by atoms with van der Waals surface area (Å²) in [4.78, 5) is 25.7. The predicted octanol–water partition coefficient (Wildman–Crippen LogP) is 7.08. The van der Waals surface area contributed by atoms with Gasteiger partial charge in [0.15, 0.2) is 0 Å². The molecule has 4 aromatic rings. The lowest BCUT2D eigenvalue weighted by atomic mass is 9.78. The lowest BCUT2D eigenvalue weighted by Crippen LogP contribution is -2.29. The molecular weight excluding hydrogens is 530 g/mol. The number of aliphatic hydroxyl groups excluding tert-OH is 1. The fourth-order valence-electron chi connectivity index (χ4n) is 4.72. The van der Waals surface area contributed by atoms with Gasteiger partial charge >= 0.3 is 6.09 Å². The third kappa shape index (κ3) is 8.11. The molecule has 2 amide bonds. The second-order valence-electron chi connectivity index (χ2n) is 10.6. The van der Waals surface area contributed by atoms with Gasteiger partial charge in [0.2, 0.25) is 5.91 Å². The van der Waals surface area contributed by atoms with E-state index in [1.165, 1.54) is 6.08 Å². The van der Waals surface area contributed by atoms with Gasteiger partial charge in [-0.1, -0.05) is 80.6 Å². The van der Waals surface area contributed by atoms with Crippen LogP contribution < -0.4 is 21.1 Å². The number of fused-ring (bicyclic) bond motifs is 1. The number of carbonyl (C=O) groups excluding carboxylic acids is 2. The number of allylic oxidation sites excluding steroid dienone is 1. The van der Waals surface area contributed by atoms with Gasteiger partial charge in [0, 0.05) is 10.8 Å². The number of aliphatic hydroxyl groups is 1. The van der Waals surface area contributed by atoms with Gasteiger partial charge in [0.05, 0.1) is 23.7 Å². The summed E-state index contributed by atoms with van der Waals surface area (Å²) in [7, 11) is 0. The zero-order chi connectivity index (χ0) is 30.0. The van der Waals surface area contributed by atoms with Gasteiger partial charge in [0.25, 0.3) is 0 Å². The van der Waals surface area contributed by atoms with Crippen molar-refractivity contribution in [2.24, 2.45) is 5.41 Å². The van der Waals surface area contributed by atoms with Crippen molar-refractivity contribution in [2.45, 2.75) is 32.8 Å². The standard InChI is InChI=1S/C34H37N3O5/c1-34(2,21-8-7-16-31(39)36-30-14-6-5-13-28(30)35)32(25-17-19-26(20-18-25)41-23-22-38)42-33(40)37-29-15-9-11-24-10-3-4-12-27(24)29/h3-7,9-20,32,38H,8,21-23,35H2,1-2H3,(H,36,39)(H,37,40)/b16-7+/t32-/m0/s1. The molecule has 4 aromatic carbocycles. The van der Waals surface area contributed by atoms with Gasteiger partial charge in [-0.05, 0) is 60.2 Å². The molecule has 0 saturated heterocycles. The van der Waals surface area contributed by atoms with E-state index >= 15 is 0 Å². The van der Waals surface area contributed by atoms with E-state index in [1.54, 1.807) is 42.5 Å². The minimum atomic E-state index is -0.606. The molecule has 1 atom stereocenters. The monoisotopic (exact) mass is 567 g/mol. The molecular formula is C34H37N3O5. The Kier molecular flexibility index (Phi) is 10.2. The van der Waals surface area contributed by atoms with Crippen LogP contribution in [0.3, 0.4) is 0 Å². The first-order valence-corrected chi connectivity index (χ1v) is 13.9. The first-order chi connectivity index (χ1) is 20.3. The maximum atomic E-state index is 13.3. The van der Waals surface area contributed by atoms with E-state index in [0.29, 0.717) is 35.7 Å². The number of hydrogen-bond acceptors (Lipinski definition) is 6. The van der Waals surface area contributed by atoms with Gasteiger partial charge in [-0.25, -0.2) is 4.79 Å². The van der Waals surface area contributed by atoms with Crippen LogP contribution in [0.1, 0.15) is 38.4 Å². The second-order valence-corrected chi connectivity index (χ2v) is 10.6. The first-order valence-electron chi connectivity index (χ1n) is 13.9. The van der Waals surface area contributed by atoms with Crippen LogP contribution in [-0.2, 0) is 9.53 Å². The fourth-order valence-corrected chi connectivity index (χ4v) is 4.72. The first kappa shape index (κ1) is 30.1. The third-order valence-corrected chi connectivity index (χ3v) is 6.95. The van der Waals surface area contributed by atoms with E-state index in [9.17, 15) is 9.59 Å². The van der Waals surface area contributed by atoms with Gasteiger partial charge < -0.3 is 25.6 Å². The Morgan fingerprint density at radius 1 is 0.905 bits per heavy atom. The van der Waals surface area contributed by atoms with E-state index < -0.39 is 17.6 Å². The summed E-state index contributed by atoms with van der Waals surface area (Å²) >= 11 is 0. The Morgan fingerprint density at radius 2 is 1.60 bits per heavy atom. The lowest BCUT2D eigenvalue weighted by Gasteiger charge is -2.34. The summed E-state index contributed by atoms with van der Waals surface area (Å²) in [5.74, 6) is 0.337. The second kappa shape index (κ2) is 14.2. The minimum absolute atomic E-state index is 0.0842. The van der Waals surface area contributed by atoms with Crippen LogP contribution in [0.2, 0.25) is 0 Å². The third-order valence-electron chi connectivity index (χ3n) is 6.95. The average Bonchev–Trinajstić information content (AvgIpc) is 2.99. The van der Waals surface area contributed by atoms with Crippen LogP contribution in [-0.4, -0.2) is 30.3 Å². The van der Waals surface area contributed by atoms with E-state index in [2.05, 4.69) is 10.6 Å². The Labute approximate surface area is 246 Å². The number of amides is 2. The van der Waals surface area contributed by atoms with Crippen molar-refractivity contribution in [3.63, 3.8) is 0 Å². The van der Waals surface area contributed by atoms with Crippen LogP contribution in [0.4, 0.5) is 21.9 Å². The van der Waals surface area contributed by atoms with Crippen molar-refractivity contribution in [1.82, 2.24) is 0 Å². The van der Waals surface area contributed by atoms with Gasteiger partial charge in [-0.3, -0.25) is 10.1 Å². The topological polar surface area (TPSA) is 123 Å². The summed E-state index contributed by atoms with van der Waals surface area (Å²) in [6, 6.07) is 27.9. The number of ether oxygens (including phenoxy) is 2. The highest BCUT2D eigenvalue weighted by Crippen LogP contribution is 2.41. The molecule has 0 aliphatic rings. The molecule has 8 nitrogen and oxygen atoms in total. The van der Waals surface area contributed by atoms with Crippen LogP contribution in [0.15, 0.2) is 103 Å². The molecule has 0 fully saturated rings. The highest BCUT2D eigenvalue weighted by Gasteiger charge is 2.34. The molecule has 0 radical (unpaired) electrons. The number of rotatable bonds is 12. The Balaban J connectivity index is 1.47. The predicted molar refractivity (Wildman–Crippen MR) is 167 cm³/mol. The Morgan fingerprint density at radius 3 is 2.36 bits per heavy atom. The number of nitrogens with two attached hydrogens (primary N) is 1. The van der Waals surface area contributed by atoms with Gasteiger partial charge in [-0.15, -0.1) is 0 Å². The molecule has 0 heterocycles. The van der Waals surface area contributed by atoms with Crippen LogP contribution in [0.5, 0.6) is 5.75 Å². The summed E-state index contributed by atoms with van der Waals surface area (Å²) < 4.78 is 11.6. The normalized spacial score (nSPS) is 12.2. The van der Waals surface area contributed by atoms with Crippen molar-refractivity contribution in [3.8, 4) is 5.75 Å². The molecule has 0 aliphatic carbocycles. The largest absolute Gasteiger partial charge is 0.491 e. The number of benzene rings is 4. The van der Waals surface area contributed by atoms with E-state index in [-0.39, 0.29) is 19.1 Å². The van der Waals surface area contributed by atoms with E-state index in [4.69, 9.17) is 20.3 Å². The summed E-state index contributed by atoms with van der Waals surface area (Å²) in [6.45, 7) is 4.16. The zero-order valence-corrected chi connectivity index (χ0v) is 23.9. The number of hydrogen-bond donors (Lipinski definition) is 4. The molecule has 0 saturated carbocycles. The van der Waals surface area contributed by atoms with Gasteiger partial charge in [-0.2, -0.15) is 0 Å². The number of nitrogens with one attached hydrogen (secondary N) is 2. The maximum absolute atomic E-state index is 13.3. The van der Waals surface area contributed by atoms with Crippen molar-refractivity contribution in [2.75, 3.05) is 29.6 Å². The number of carbonyl (C=O) groups is 2. The van der Waals surface area contributed by atoms with Crippen LogP contribution in [0.25, 0.3) is 10.8 Å².